The Labute approximate surface area is 89.1 Å². The van der Waals surface area contributed by atoms with E-state index < -0.39 is 0 Å². The van der Waals surface area contributed by atoms with Gasteiger partial charge in [0.2, 0.25) is 0 Å². The number of nitrogen functional groups attached to an aromatic ring is 1. The van der Waals surface area contributed by atoms with Crippen molar-refractivity contribution in [1.29, 1.82) is 0 Å². The molecule has 4 nitrogen and oxygen atoms in total. The average Bonchev–Trinajstić information content (AvgIpc) is 2.16. The Hall–Kier alpha value is -1.55. The lowest BCUT2D eigenvalue weighted by molar-refractivity contribution is 0.0953. The first-order chi connectivity index (χ1) is 6.97. The molecule has 0 aliphatic carbocycles. The van der Waals surface area contributed by atoms with Gasteiger partial charge in [-0.05, 0) is 36.1 Å². The zero-order valence-corrected chi connectivity index (χ0v) is 9.16. The lowest BCUT2D eigenvalue weighted by Crippen LogP contribution is -2.30. The van der Waals surface area contributed by atoms with Gasteiger partial charge in [0.25, 0.3) is 5.91 Å². The van der Waals surface area contributed by atoms with Crippen molar-refractivity contribution in [3.05, 3.63) is 28.8 Å². The number of hydrogen-bond donors (Lipinski definition) is 3. The molecule has 15 heavy (non-hydrogen) atoms. The Morgan fingerprint density at radius 3 is 2.53 bits per heavy atom. The summed E-state index contributed by atoms with van der Waals surface area (Å²) in [5.74, 6) is 5.12. The predicted octanol–water partition coefficient (Wildman–Crippen LogP) is 1.43. The fourth-order valence-corrected chi connectivity index (χ4v) is 1.49. The Morgan fingerprint density at radius 2 is 2.07 bits per heavy atom. The molecule has 0 heterocycles. The second-order valence-corrected chi connectivity index (χ2v) is 3.85. The molecule has 0 fully saturated rings. The zero-order valence-electron chi connectivity index (χ0n) is 9.16. The molecule has 0 spiro atoms. The standard InChI is InChI=1S/C11H16N2O2/c1-6(2)8-5-9(11(15)13-12)7(3)4-10(8)14/h4-6,14H,12H2,1-3H3,(H,13,15). The number of rotatable bonds is 2. The van der Waals surface area contributed by atoms with Crippen LogP contribution in [0, 0.1) is 6.92 Å². The van der Waals surface area contributed by atoms with E-state index in [-0.39, 0.29) is 17.6 Å². The molecule has 4 heteroatoms. The fourth-order valence-electron chi connectivity index (χ4n) is 1.49. The first kappa shape index (κ1) is 11.5. The summed E-state index contributed by atoms with van der Waals surface area (Å²) in [5.41, 5.74) is 4.04. The van der Waals surface area contributed by atoms with Crippen LogP contribution in [0.4, 0.5) is 0 Å². The van der Waals surface area contributed by atoms with E-state index in [1.807, 2.05) is 13.8 Å². The summed E-state index contributed by atoms with van der Waals surface area (Å²) in [6, 6.07) is 3.26. The molecule has 0 saturated carbocycles. The van der Waals surface area contributed by atoms with Crippen molar-refractivity contribution >= 4 is 5.91 Å². The topological polar surface area (TPSA) is 75.3 Å². The van der Waals surface area contributed by atoms with Gasteiger partial charge in [-0.15, -0.1) is 0 Å². The van der Waals surface area contributed by atoms with Gasteiger partial charge in [-0.3, -0.25) is 10.2 Å². The maximum Gasteiger partial charge on any atom is 0.265 e. The van der Waals surface area contributed by atoms with E-state index in [2.05, 4.69) is 5.43 Å². The molecule has 0 bridgehead atoms. The minimum absolute atomic E-state index is 0.162. The molecule has 0 aromatic heterocycles. The first-order valence-electron chi connectivity index (χ1n) is 4.81. The van der Waals surface area contributed by atoms with E-state index in [1.54, 1.807) is 19.1 Å². The van der Waals surface area contributed by atoms with Crippen LogP contribution < -0.4 is 11.3 Å². The fraction of sp³-hybridized carbons (Fsp3) is 0.364. The van der Waals surface area contributed by atoms with Crippen molar-refractivity contribution < 1.29 is 9.90 Å². The molecule has 4 N–H and O–H groups in total. The Balaban J connectivity index is 3.29. The minimum atomic E-state index is -0.339. The van der Waals surface area contributed by atoms with Crippen molar-refractivity contribution in [2.45, 2.75) is 26.7 Å². The number of carbonyl (C=O) groups excluding carboxylic acids is 1. The third kappa shape index (κ3) is 2.27. The van der Waals surface area contributed by atoms with Gasteiger partial charge in [0, 0.05) is 5.56 Å². The largest absolute Gasteiger partial charge is 0.508 e. The highest BCUT2D eigenvalue weighted by Crippen LogP contribution is 2.28. The normalized spacial score (nSPS) is 10.5. The summed E-state index contributed by atoms with van der Waals surface area (Å²) in [7, 11) is 0. The Bertz CT molecular complexity index is 386. The maximum atomic E-state index is 11.4. The molecular weight excluding hydrogens is 192 g/mol. The third-order valence-electron chi connectivity index (χ3n) is 2.37. The van der Waals surface area contributed by atoms with Crippen molar-refractivity contribution in [3.8, 4) is 5.75 Å². The van der Waals surface area contributed by atoms with E-state index in [0.717, 1.165) is 5.56 Å². The van der Waals surface area contributed by atoms with Gasteiger partial charge >= 0.3 is 0 Å². The lowest BCUT2D eigenvalue weighted by Gasteiger charge is -2.12. The molecule has 0 aliphatic rings. The number of nitrogens with one attached hydrogen (secondary N) is 1. The molecule has 1 amide bonds. The summed E-state index contributed by atoms with van der Waals surface area (Å²) >= 11 is 0. The SMILES string of the molecule is Cc1cc(O)c(C(C)C)cc1C(=O)NN. The van der Waals surface area contributed by atoms with Gasteiger partial charge in [-0.2, -0.15) is 0 Å². The summed E-state index contributed by atoms with van der Waals surface area (Å²) in [5, 5.41) is 9.68. The van der Waals surface area contributed by atoms with Gasteiger partial charge in [-0.1, -0.05) is 13.8 Å². The Morgan fingerprint density at radius 1 is 1.47 bits per heavy atom. The molecule has 1 aromatic carbocycles. The number of hydrazine groups is 1. The molecule has 0 saturated heterocycles. The van der Waals surface area contributed by atoms with Crippen LogP contribution in [0.15, 0.2) is 12.1 Å². The van der Waals surface area contributed by atoms with E-state index in [9.17, 15) is 9.90 Å². The predicted molar refractivity (Wildman–Crippen MR) is 58.6 cm³/mol. The number of aromatic hydroxyl groups is 1. The third-order valence-corrected chi connectivity index (χ3v) is 2.37. The van der Waals surface area contributed by atoms with Gasteiger partial charge in [0.15, 0.2) is 0 Å². The second-order valence-electron chi connectivity index (χ2n) is 3.85. The van der Waals surface area contributed by atoms with Crippen molar-refractivity contribution in [1.82, 2.24) is 5.43 Å². The number of nitrogens with two attached hydrogens (primary N) is 1. The van der Waals surface area contributed by atoms with Crippen molar-refractivity contribution in [2.75, 3.05) is 0 Å². The van der Waals surface area contributed by atoms with Gasteiger partial charge in [0.05, 0.1) is 0 Å². The van der Waals surface area contributed by atoms with Crippen LogP contribution in [0.1, 0.15) is 41.3 Å². The molecule has 0 atom stereocenters. The van der Waals surface area contributed by atoms with Crippen LogP contribution in [0.5, 0.6) is 5.75 Å². The van der Waals surface area contributed by atoms with Crippen molar-refractivity contribution in [3.63, 3.8) is 0 Å². The zero-order chi connectivity index (χ0) is 11.6. The van der Waals surface area contributed by atoms with E-state index in [0.29, 0.717) is 11.1 Å². The molecule has 0 aliphatic heterocycles. The number of phenolic OH excluding ortho intramolecular Hbond substituents is 1. The first-order valence-corrected chi connectivity index (χ1v) is 4.81. The van der Waals surface area contributed by atoms with Crippen LogP contribution in [-0.4, -0.2) is 11.0 Å². The molecule has 1 rings (SSSR count). The summed E-state index contributed by atoms with van der Waals surface area (Å²) in [6.45, 7) is 5.66. The highest BCUT2D eigenvalue weighted by Gasteiger charge is 2.13. The summed E-state index contributed by atoms with van der Waals surface area (Å²) < 4.78 is 0. The lowest BCUT2D eigenvalue weighted by atomic mass is 9.96. The minimum Gasteiger partial charge on any atom is -0.508 e. The van der Waals surface area contributed by atoms with E-state index in [4.69, 9.17) is 5.84 Å². The van der Waals surface area contributed by atoms with Crippen LogP contribution >= 0.6 is 0 Å². The molecular formula is C11H16N2O2. The number of aryl methyl sites for hydroxylation is 1. The number of amides is 1. The second kappa shape index (κ2) is 4.31. The summed E-state index contributed by atoms with van der Waals surface area (Å²) in [6.07, 6.45) is 0. The summed E-state index contributed by atoms with van der Waals surface area (Å²) in [4.78, 5) is 11.4. The number of benzene rings is 1. The molecule has 82 valence electrons. The van der Waals surface area contributed by atoms with E-state index in [1.165, 1.54) is 0 Å². The van der Waals surface area contributed by atoms with Gasteiger partial charge < -0.3 is 5.11 Å². The smallest absolute Gasteiger partial charge is 0.265 e. The van der Waals surface area contributed by atoms with E-state index >= 15 is 0 Å². The van der Waals surface area contributed by atoms with Crippen LogP contribution in [0.3, 0.4) is 0 Å². The molecule has 1 aromatic rings. The maximum absolute atomic E-state index is 11.4. The van der Waals surface area contributed by atoms with Crippen molar-refractivity contribution in [2.24, 2.45) is 5.84 Å². The number of phenols is 1. The van der Waals surface area contributed by atoms with Crippen LogP contribution in [-0.2, 0) is 0 Å². The van der Waals surface area contributed by atoms with Crippen LogP contribution in [0.2, 0.25) is 0 Å². The molecule has 0 radical (unpaired) electrons. The van der Waals surface area contributed by atoms with Gasteiger partial charge in [0.1, 0.15) is 5.75 Å². The average molecular weight is 208 g/mol. The number of carbonyl (C=O) groups is 1. The van der Waals surface area contributed by atoms with Gasteiger partial charge in [-0.25, -0.2) is 5.84 Å². The Kier molecular flexibility index (Phi) is 3.31. The highest BCUT2D eigenvalue weighted by molar-refractivity contribution is 5.95. The van der Waals surface area contributed by atoms with Crippen LogP contribution in [0.25, 0.3) is 0 Å². The highest BCUT2D eigenvalue weighted by atomic mass is 16.3. The number of hydrogen-bond acceptors (Lipinski definition) is 3. The quantitative estimate of drug-likeness (QED) is 0.391. The monoisotopic (exact) mass is 208 g/mol. The molecule has 0 unspecified atom stereocenters.